The molecule has 5 heteroatoms. The lowest BCUT2D eigenvalue weighted by molar-refractivity contribution is 0.500. The smallest absolute Gasteiger partial charge is 0.133 e. The molecule has 0 saturated heterocycles. The topological polar surface area (TPSA) is 38.9 Å². The van der Waals surface area contributed by atoms with Gasteiger partial charge in [-0.15, -0.1) is 0 Å². The van der Waals surface area contributed by atoms with Gasteiger partial charge < -0.3 is 5.73 Å². The number of benzene rings is 1. The molecule has 2 nitrogen and oxygen atoms in total. The first-order valence-corrected chi connectivity index (χ1v) is 5.38. The van der Waals surface area contributed by atoms with E-state index in [2.05, 4.69) is 4.98 Å². The summed E-state index contributed by atoms with van der Waals surface area (Å²) >= 11 is 0. The van der Waals surface area contributed by atoms with Gasteiger partial charge >= 0.3 is 0 Å². The highest BCUT2D eigenvalue weighted by atomic mass is 19.1. The van der Waals surface area contributed by atoms with Crippen LogP contribution < -0.4 is 5.73 Å². The Morgan fingerprint density at radius 2 is 1.78 bits per heavy atom. The largest absolute Gasteiger partial charge is 0.323 e. The van der Waals surface area contributed by atoms with Crippen LogP contribution in [-0.2, 0) is 6.42 Å². The quantitative estimate of drug-likeness (QED) is 0.912. The molecule has 1 heterocycles. The molecule has 0 fully saturated rings. The second kappa shape index (κ2) is 5.18. The van der Waals surface area contributed by atoms with Crippen molar-refractivity contribution in [1.82, 2.24) is 4.98 Å². The van der Waals surface area contributed by atoms with Crippen LogP contribution in [0.4, 0.5) is 13.2 Å². The van der Waals surface area contributed by atoms with Crippen molar-refractivity contribution in [2.45, 2.75) is 12.5 Å². The molecule has 0 saturated carbocycles. The first kappa shape index (κ1) is 12.6. The SMILES string of the molecule is NC(Cc1ccccn1)c1c(F)cc(F)cc1F. The Bertz CT molecular complexity index is 520. The van der Waals surface area contributed by atoms with Gasteiger partial charge in [0, 0.05) is 42.0 Å². The molecular weight excluding hydrogens is 241 g/mol. The van der Waals surface area contributed by atoms with Crippen LogP contribution in [0, 0.1) is 17.5 Å². The lowest BCUT2D eigenvalue weighted by Gasteiger charge is -2.13. The van der Waals surface area contributed by atoms with Gasteiger partial charge in [0.2, 0.25) is 0 Å². The Kier molecular flexibility index (Phi) is 3.62. The third-order valence-corrected chi connectivity index (χ3v) is 2.57. The molecule has 0 aliphatic carbocycles. The zero-order chi connectivity index (χ0) is 13.1. The summed E-state index contributed by atoms with van der Waals surface area (Å²) < 4.78 is 39.7. The molecule has 1 unspecified atom stereocenters. The second-order valence-electron chi connectivity index (χ2n) is 3.91. The van der Waals surface area contributed by atoms with Crippen molar-refractivity contribution in [3.63, 3.8) is 0 Å². The van der Waals surface area contributed by atoms with Gasteiger partial charge in [-0.2, -0.15) is 0 Å². The third-order valence-electron chi connectivity index (χ3n) is 2.57. The van der Waals surface area contributed by atoms with E-state index < -0.39 is 23.5 Å². The van der Waals surface area contributed by atoms with Crippen LogP contribution in [0.25, 0.3) is 0 Å². The molecule has 0 bridgehead atoms. The third kappa shape index (κ3) is 2.68. The van der Waals surface area contributed by atoms with E-state index in [9.17, 15) is 13.2 Å². The predicted octanol–water partition coefficient (Wildman–Crippen LogP) is 2.74. The number of halogens is 3. The number of rotatable bonds is 3. The summed E-state index contributed by atoms with van der Waals surface area (Å²) in [7, 11) is 0. The van der Waals surface area contributed by atoms with E-state index in [1.807, 2.05) is 0 Å². The lowest BCUT2D eigenvalue weighted by Crippen LogP contribution is -2.17. The molecule has 2 N–H and O–H groups in total. The average molecular weight is 252 g/mol. The number of nitrogens with zero attached hydrogens (tertiary/aromatic N) is 1. The molecule has 94 valence electrons. The maximum Gasteiger partial charge on any atom is 0.133 e. The van der Waals surface area contributed by atoms with Gasteiger partial charge in [-0.25, -0.2) is 13.2 Å². The van der Waals surface area contributed by atoms with Crippen LogP contribution >= 0.6 is 0 Å². The Morgan fingerprint density at radius 1 is 1.11 bits per heavy atom. The van der Waals surface area contributed by atoms with Crippen molar-refractivity contribution in [2.24, 2.45) is 5.73 Å². The first-order chi connectivity index (χ1) is 8.58. The molecule has 1 atom stereocenters. The summed E-state index contributed by atoms with van der Waals surface area (Å²) in [6.45, 7) is 0. The van der Waals surface area contributed by atoms with E-state index in [0.29, 0.717) is 17.8 Å². The monoisotopic (exact) mass is 252 g/mol. The minimum Gasteiger partial charge on any atom is -0.323 e. The van der Waals surface area contributed by atoms with Crippen LogP contribution in [-0.4, -0.2) is 4.98 Å². The first-order valence-electron chi connectivity index (χ1n) is 5.38. The molecule has 2 aromatic rings. The Morgan fingerprint density at radius 3 is 2.33 bits per heavy atom. The van der Waals surface area contributed by atoms with Gasteiger partial charge in [-0.1, -0.05) is 6.07 Å². The maximum atomic E-state index is 13.5. The average Bonchev–Trinajstić information content (AvgIpc) is 2.28. The minimum atomic E-state index is -0.976. The number of hydrogen-bond donors (Lipinski definition) is 1. The van der Waals surface area contributed by atoms with E-state index in [0.717, 1.165) is 0 Å². The zero-order valence-corrected chi connectivity index (χ0v) is 9.41. The molecule has 1 aromatic carbocycles. The van der Waals surface area contributed by atoms with Gasteiger partial charge in [0.15, 0.2) is 0 Å². The van der Waals surface area contributed by atoms with Crippen molar-refractivity contribution in [1.29, 1.82) is 0 Å². The summed E-state index contributed by atoms with van der Waals surface area (Å²) in [5, 5.41) is 0. The fourth-order valence-corrected chi connectivity index (χ4v) is 1.75. The summed E-state index contributed by atoms with van der Waals surface area (Å²) in [6.07, 6.45) is 1.75. The molecule has 18 heavy (non-hydrogen) atoms. The zero-order valence-electron chi connectivity index (χ0n) is 9.41. The Labute approximate surface area is 102 Å². The van der Waals surface area contributed by atoms with Gasteiger partial charge in [0.05, 0.1) is 0 Å². The highest BCUT2D eigenvalue weighted by molar-refractivity contribution is 5.25. The second-order valence-corrected chi connectivity index (χ2v) is 3.91. The molecule has 0 amide bonds. The number of hydrogen-bond acceptors (Lipinski definition) is 2. The van der Waals surface area contributed by atoms with E-state index >= 15 is 0 Å². The predicted molar refractivity (Wildman–Crippen MR) is 61.2 cm³/mol. The molecule has 0 aliphatic heterocycles. The van der Waals surface area contributed by atoms with Crippen LogP contribution in [0.3, 0.4) is 0 Å². The molecule has 1 aromatic heterocycles. The summed E-state index contributed by atoms with van der Waals surface area (Å²) in [5.41, 5.74) is 6.04. The van der Waals surface area contributed by atoms with Crippen LogP contribution in [0.5, 0.6) is 0 Å². The lowest BCUT2D eigenvalue weighted by atomic mass is 10.0. The van der Waals surface area contributed by atoms with Gasteiger partial charge in [0.25, 0.3) is 0 Å². The highest BCUT2D eigenvalue weighted by Gasteiger charge is 2.18. The Hall–Kier alpha value is -1.88. The minimum absolute atomic E-state index is 0.181. The summed E-state index contributed by atoms with van der Waals surface area (Å²) in [6, 6.07) is 5.54. The summed E-state index contributed by atoms with van der Waals surface area (Å²) in [4.78, 5) is 4.02. The molecule has 0 radical (unpaired) electrons. The molecule has 0 spiro atoms. The van der Waals surface area contributed by atoms with E-state index in [1.54, 1.807) is 24.4 Å². The van der Waals surface area contributed by atoms with Crippen LogP contribution in [0.2, 0.25) is 0 Å². The number of aromatic nitrogens is 1. The fourth-order valence-electron chi connectivity index (χ4n) is 1.75. The standard InChI is InChI=1S/C13H11F3N2/c14-8-5-10(15)13(11(16)6-8)12(17)7-9-3-1-2-4-18-9/h1-6,12H,7,17H2. The van der Waals surface area contributed by atoms with Crippen molar-refractivity contribution < 1.29 is 13.2 Å². The summed E-state index contributed by atoms with van der Waals surface area (Å²) in [5.74, 6) is -2.91. The Balaban J connectivity index is 2.27. The van der Waals surface area contributed by atoms with E-state index in [4.69, 9.17) is 5.73 Å². The molecular formula is C13H11F3N2. The van der Waals surface area contributed by atoms with Crippen molar-refractivity contribution >= 4 is 0 Å². The van der Waals surface area contributed by atoms with Gasteiger partial charge in [-0.3, -0.25) is 4.98 Å². The normalized spacial score (nSPS) is 12.4. The van der Waals surface area contributed by atoms with Gasteiger partial charge in [-0.05, 0) is 12.1 Å². The van der Waals surface area contributed by atoms with Crippen molar-refractivity contribution in [3.05, 3.63) is 65.2 Å². The van der Waals surface area contributed by atoms with Crippen LogP contribution in [0.15, 0.2) is 36.5 Å². The maximum absolute atomic E-state index is 13.5. The molecule has 0 aliphatic rings. The van der Waals surface area contributed by atoms with E-state index in [1.165, 1.54) is 0 Å². The fraction of sp³-hybridized carbons (Fsp3) is 0.154. The highest BCUT2D eigenvalue weighted by Crippen LogP contribution is 2.22. The van der Waals surface area contributed by atoms with Crippen LogP contribution in [0.1, 0.15) is 17.3 Å². The number of nitrogens with two attached hydrogens (primary N) is 1. The van der Waals surface area contributed by atoms with Gasteiger partial charge in [0.1, 0.15) is 17.5 Å². The van der Waals surface area contributed by atoms with Crippen molar-refractivity contribution in [3.8, 4) is 0 Å². The molecule has 2 rings (SSSR count). The van der Waals surface area contributed by atoms with Crippen molar-refractivity contribution in [2.75, 3.05) is 0 Å². The van der Waals surface area contributed by atoms with E-state index in [-0.39, 0.29) is 12.0 Å². The number of pyridine rings is 1.